The molecule has 8 rings (SSSR count). The second-order valence-corrected chi connectivity index (χ2v) is 17.6. The molecule has 2 aliphatic rings. The summed E-state index contributed by atoms with van der Waals surface area (Å²) in [6.45, 7) is 15.4. The predicted octanol–water partition coefficient (Wildman–Crippen LogP) is 4.87. The van der Waals surface area contributed by atoms with Gasteiger partial charge in [-0.1, -0.05) is 0 Å². The van der Waals surface area contributed by atoms with Crippen LogP contribution in [0.5, 0.6) is 0 Å². The Hall–Kier alpha value is -7.17. The number of benzene rings is 2. The van der Waals surface area contributed by atoms with Gasteiger partial charge in [0.1, 0.15) is 34.9 Å². The number of amides is 2. The molecule has 66 heavy (non-hydrogen) atoms. The topological polar surface area (TPSA) is 206 Å². The van der Waals surface area contributed by atoms with Gasteiger partial charge in [0.15, 0.2) is 11.6 Å². The quantitative estimate of drug-likeness (QED) is 0.125. The summed E-state index contributed by atoms with van der Waals surface area (Å²) in [6, 6.07) is 13.4. The molecule has 2 saturated heterocycles. The molecule has 2 amide bonds. The zero-order valence-corrected chi connectivity index (χ0v) is 38.2. The number of hydrogen-bond acceptors (Lipinski definition) is 14. The second-order valence-electron chi connectivity index (χ2n) is 15.7. The fraction of sp³-hybridized carbons (Fsp3) is 0.349. The number of hydrogen-bond donors (Lipinski definition) is 2. The summed E-state index contributed by atoms with van der Waals surface area (Å²) in [4.78, 5) is 48.2. The third-order valence-electron chi connectivity index (χ3n) is 10.3. The SMILES string of the molecule is CC(=O)N1CCN(c2cc(-n3nc(C)cc3C)nc(Nc3cc(F)cc(F)c3)n2)CC1.CC(=O)N1CCN(c2cc(-n3nc(C)cc3C)nc(S(C)(=O)=O)n2)CC1.Nc1cc(F)cc(F)c1. The minimum atomic E-state index is -3.58. The molecule has 18 nitrogen and oxygen atoms in total. The Bertz CT molecular complexity index is 2770. The average molecular weight is 935 g/mol. The fourth-order valence-electron chi connectivity index (χ4n) is 7.14. The molecule has 6 heterocycles. The van der Waals surface area contributed by atoms with Crippen LogP contribution >= 0.6 is 0 Å². The largest absolute Gasteiger partial charge is 0.399 e. The molecular formula is C43H50F4N14O4S. The molecule has 4 aromatic heterocycles. The Morgan fingerprint density at radius 2 is 0.939 bits per heavy atom. The van der Waals surface area contributed by atoms with Crippen LogP contribution in [0.4, 0.5) is 46.5 Å². The number of nitrogens with one attached hydrogen (secondary N) is 1. The summed E-state index contributed by atoms with van der Waals surface area (Å²) in [5.74, 6) is -0.312. The van der Waals surface area contributed by atoms with Gasteiger partial charge in [0.25, 0.3) is 5.16 Å². The Morgan fingerprint density at radius 1 is 0.561 bits per heavy atom. The van der Waals surface area contributed by atoms with E-state index < -0.39 is 33.1 Å². The van der Waals surface area contributed by atoms with Gasteiger partial charge in [-0.05, 0) is 64.1 Å². The van der Waals surface area contributed by atoms with Crippen LogP contribution in [-0.4, -0.2) is 128 Å². The third kappa shape index (κ3) is 12.5. The van der Waals surface area contributed by atoms with Crippen molar-refractivity contribution in [3.8, 4) is 11.6 Å². The smallest absolute Gasteiger partial charge is 0.250 e. The summed E-state index contributed by atoms with van der Waals surface area (Å²) in [6.07, 6.45) is 1.09. The van der Waals surface area contributed by atoms with Crippen molar-refractivity contribution in [1.29, 1.82) is 0 Å². The van der Waals surface area contributed by atoms with Crippen LogP contribution < -0.4 is 20.9 Å². The maximum Gasteiger partial charge on any atom is 0.250 e. The van der Waals surface area contributed by atoms with Gasteiger partial charge in [-0.15, -0.1) is 0 Å². The van der Waals surface area contributed by atoms with E-state index in [0.29, 0.717) is 75.6 Å². The molecule has 3 N–H and O–H groups in total. The third-order valence-corrected chi connectivity index (χ3v) is 11.1. The lowest BCUT2D eigenvalue weighted by molar-refractivity contribution is -0.129. The second kappa shape index (κ2) is 20.3. The molecule has 0 bridgehead atoms. The number of carbonyl (C=O) groups excluding carboxylic acids is 2. The first kappa shape index (κ1) is 48.3. The Kier molecular flexibility index (Phi) is 14.9. The van der Waals surface area contributed by atoms with Crippen LogP contribution in [0.25, 0.3) is 11.6 Å². The van der Waals surface area contributed by atoms with Crippen LogP contribution in [0, 0.1) is 51.0 Å². The Labute approximate surface area is 379 Å². The average Bonchev–Trinajstić information content (AvgIpc) is 3.77. The number of nitrogens with two attached hydrogens (primary N) is 1. The standard InChI is InChI=1S/C21H23F2N7O.C16H22N6O3S.C6H5F2N/c1-13-8-14(2)30(27-13)20-12-19(29-6-4-28(5-7-29)15(3)31)25-21(26-20)24-18-10-16(22)9-17(23)11-18;1-11-9-12(2)22(19-11)15-10-14(17-16(18-15)26(4,24)25)21-7-5-20(6-8-21)13(3)23;7-4-1-5(8)3-6(9)2-4/h8-12H,4-7H2,1-3H3,(H,24,25,26);9-10H,5-8H2,1-4H3;1-3H,9H2. The lowest BCUT2D eigenvalue weighted by Gasteiger charge is -2.35. The van der Waals surface area contributed by atoms with Crippen molar-refractivity contribution < 1.29 is 35.6 Å². The highest BCUT2D eigenvalue weighted by molar-refractivity contribution is 7.90. The number of piperazine rings is 2. The van der Waals surface area contributed by atoms with Crippen molar-refractivity contribution in [2.24, 2.45) is 0 Å². The summed E-state index contributed by atoms with van der Waals surface area (Å²) in [5.41, 5.74) is 8.80. The van der Waals surface area contributed by atoms with Crippen LogP contribution in [0.1, 0.15) is 36.6 Å². The number of aromatic nitrogens is 8. The van der Waals surface area contributed by atoms with Gasteiger partial charge < -0.3 is 30.7 Å². The van der Waals surface area contributed by atoms with Crippen molar-refractivity contribution in [2.75, 3.05) is 79.5 Å². The van der Waals surface area contributed by atoms with Crippen molar-refractivity contribution >= 4 is 50.6 Å². The number of nitrogen functional groups attached to an aromatic ring is 1. The van der Waals surface area contributed by atoms with Gasteiger partial charge in [0.05, 0.1) is 11.4 Å². The highest BCUT2D eigenvalue weighted by Gasteiger charge is 2.25. The first-order valence-corrected chi connectivity index (χ1v) is 22.5. The van der Waals surface area contributed by atoms with Gasteiger partial charge in [-0.2, -0.15) is 25.1 Å². The van der Waals surface area contributed by atoms with Crippen LogP contribution in [0.3, 0.4) is 0 Å². The summed E-state index contributed by atoms with van der Waals surface area (Å²) < 4.78 is 78.9. The molecule has 0 aliphatic carbocycles. The molecule has 2 aliphatic heterocycles. The first-order valence-electron chi connectivity index (χ1n) is 20.6. The molecular weight excluding hydrogens is 885 g/mol. The van der Waals surface area contributed by atoms with Gasteiger partial charge >= 0.3 is 0 Å². The number of carbonyl (C=O) groups is 2. The molecule has 350 valence electrons. The van der Waals surface area contributed by atoms with Crippen LogP contribution in [0.2, 0.25) is 0 Å². The summed E-state index contributed by atoms with van der Waals surface area (Å²) in [5, 5.41) is 11.5. The zero-order chi connectivity index (χ0) is 48.0. The van der Waals surface area contributed by atoms with Gasteiger partial charge in [-0.3, -0.25) is 9.59 Å². The molecule has 2 fully saturated rings. The predicted molar refractivity (Wildman–Crippen MR) is 240 cm³/mol. The molecule has 23 heteroatoms. The van der Waals surface area contributed by atoms with E-state index in [1.54, 1.807) is 39.1 Å². The number of nitrogens with zero attached hydrogens (tertiary/aromatic N) is 12. The van der Waals surface area contributed by atoms with E-state index >= 15 is 0 Å². The molecule has 0 atom stereocenters. The zero-order valence-electron chi connectivity index (χ0n) is 37.4. The van der Waals surface area contributed by atoms with Gasteiger partial charge in [0, 0.05) is 119 Å². The van der Waals surface area contributed by atoms with E-state index in [1.807, 2.05) is 55.7 Å². The monoisotopic (exact) mass is 934 g/mol. The first-order chi connectivity index (χ1) is 31.1. The molecule has 2 aromatic carbocycles. The highest BCUT2D eigenvalue weighted by atomic mass is 32.2. The summed E-state index contributed by atoms with van der Waals surface area (Å²) in [7, 11) is -3.58. The van der Waals surface area contributed by atoms with E-state index in [2.05, 4.69) is 35.5 Å². The summed E-state index contributed by atoms with van der Waals surface area (Å²) >= 11 is 0. The maximum atomic E-state index is 13.6. The molecule has 0 radical (unpaired) electrons. The number of sulfone groups is 1. The van der Waals surface area contributed by atoms with E-state index in [-0.39, 0.29) is 34.3 Å². The highest BCUT2D eigenvalue weighted by Crippen LogP contribution is 2.25. The van der Waals surface area contributed by atoms with Crippen molar-refractivity contribution in [3.05, 3.63) is 107 Å². The lowest BCUT2D eigenvalue weighted by Crippen LogP contribution is -2.48. The normalized spacial score (nSPS) is 14.0. The number of anilines is 5. The van der Waals surface area contributed by atoms with E-state index in [4.69, 9.17) is 5.73 Å². The van der Waals surface area contributed by atoms with Crippen molar-refractivity contribution in [1.82, 2.24) is 49.3 Å². The number of rotatable bonds is 7. The van der Waals surface area contributed by atoms with Crippen molar-refractivity contribution in [2.45, 2.75) is 46.7 Å². The molecule has 0 spiro atoms. The van der Waals surface area contributed by atoms with Crippen molar-refractivity contribution in [3.63, 3.8) is 0 Å². The van der Waals surface area contributed by atoms with E-state index in [1.165, 1.54) is 12.1 Å². The van der Waals surface area contributed by atoms with Crippen LogP contribution in [0.15, 0.2) is 65.8 Å². The van der Waals surface area contributed by atoms with Crippen LogP contribution in [-0.2, 0) is 19.4 Å². The Balaban J connectivity index is 0.000000186. The minimum Gasteiger partial charge on any atom is -0.399 e. The lowest BCUT2D eigenvalue weighted by atomic mass is 10.3. The minimum absolute atomic E-state index is 0.0347. The fourth-order valence-corrected chi connectivity index (χ4v) is 7.66. The maximum absolute atomic E-state index is 13.6. The number of halogens is 4. The Morgan fingerprint density at radius 3 is 1.32 bits per heavy atom. The van der Waals surface area contributed by atoms with Gasteiger partial charge in [0.2, 0.25) is 27.6 Å². The molecule has 0 unspecified atom stereocenters. The van der Waals surface area contributed by atoms with E-state index in [0.717, 1.165) is 53.3 Å². The van der Waals surface area contributed by atoms with Gasteiger partial charge in [-0.25, -0.2) is 40.3 Å². The number of aryl methyl sites for hydroxylation is 4. The van der Waals surface area contributed by atoms with E-state index in [9.17, 15) is 35.6 Å². The molecule has 6 aromatic rings. The molecule has 0 saturated carbocycles.